The Labute approximate surface area is 99.9 Å². The molecule has 0 saturated heterocycles. The number of nitrogens with zero attached hydrogens (tertiary/aromatic N) is 2. The number of aromatic nitrogens is 2. The summed E-state index contributed by atoms with van der Waals surface area (Å²) < 4.78 is 1.72. The number of amides is 1. The van der Waals surface area contributed by atoms with Gasteiger partial charge in [-0.05, 0) is 27.3 Å². The summed E-state index contributed by atoms with van der Waals surface area (Å²) in [6.07, 6.45) is 2.31. The van der Waals surface area contributed by atoms with E-state index in [-0.39, 0.29) is 5.91 Å². The minimum absolute atomic E-state index is 0.370. The lowest BCUT2D eigenvalue weighted by molar-refractivity contribution is -0.124. The van der Waals surface area contributed by atoms with Crippen LogP contribution in [0.1, 0.15) is 19.0 Å². The zero-order chi connectivity index (χ0) is 12.3. The van der Waals surface area contributed by atoms with E-state index in [1.807, 2.05) is 6.92 Å². The first-order valence-corrected chi connectivity index (χ1v) is 5.45. The average Bonchev–Trinajstić information content (AvgIpc) is 2.55. The molecule has 5 nitrogen and oxygen atoms in total. The molecule has 0 aliphatic heterocycles. The van der Waals surface area contributed by atoms with E-state index in [1.165, 1.54) is 0 Å². The molecule has 1 heterocycles. The SMILES string of the molecule is CNC(C)(CCn1cc(Cl)c(C)n1)C(N)=O. The van der Waals surface area contributed by atoms with Crippen molar-refractivity contribution in [3.8, 4) is 0 Å². The maximum Gasteiger partial charge on any atom is 0.237 e. The van der Waals surface area contributed by atoms with E-state index in [0.29, 0.717) is 18.0 Å². The lowest BCUT2D eigenvalue weighted by Gasteiger charge is -2.25. The van der Waals surface area contributed by atoms with Gasteiger partial charge in [-0.3, -0.25) is 9.48 Å². The van der Waals surface area contributed by atoms with E-state index < -0.39 is 5.54 Å². The lowest BCUT2D eigenvalue weighted by Crippen LogP contribution is -2.52. The summed E-state index contributed by atoms with van der Waals surface area (Å²) in [4.78, 5) is 11.2. The van der Waals surface area contributed by atoms with Gasteiger partial charge in [0.15, 0.2) is 0 Å². The predicted octanol–water partition coefficient (Wildman–Crippen LogP) is 0.698. The van der Waals surface area contributed by atoms with Crippen molar-refractivity contribution < 1.29 is 4.79 Å². The van der Waals surface area contributed by atoms with Gasteiger partial charge in [-0.25, -0.2) is 0 Å². The second-order valence-corrected chi connectivity index (χ2v) is 4.43. The minimum atomic E-state index is -0.716. The molecule has 0 fully saturated rings. The van der Waals surface area contributed by atoms with Crippen molar-refractivity contribution >= 4 is 17.5 Å². The Kier molecular flexibility index (Phi) is 3.93. The Morgan fingerprint density at radius 2 is 2.38 bits per heavy atom. The van der Waals surface area contributed by atoms with Gasteiger partial charge in [0.1, 0.15) is 0 Å². The molecule has 1 amide bonds. The molecule has 90 valence electrons. The number of carbonyl (C=O) groups is 1. The molecule has 6 heteroatoms. The zero-order valence-electron chi connectivity index (χ0n) is 9.75. The fourth-order valence-electron chi connectivity index (χ4n) is 1.32. The van der Waals surface area contributed by atoms with Crippen molar-refractivity contribution in [3.63, 3.8) is 0 Å². The van der Waals surface area contributed by atoms with Gasteiger partial charge in [0.05, 0.1) is 16.3 Å². The van der Waals surface area contributed by atoms with E-state index >= 15 is 0 Å². The largest absolute Gasteiger partial charge is 0.368 e. The van der Waals surface area contributed by atoms with Crippen molar-refractivity contribution in [2.45, 2.75) is 32.4 Å². The Morgan fingerprint density at radius 1 is 1.75 bits per heavy atom. The second-order valence-electron chi connectivity index (χ2n) is 4.02. The molecule has 0 aliphatic rings. The Hall–Kier alpha value is -1.07. The molecule has 1 unspecified atom stereocenters. The number of aryl methyl sites for hydroxylation is 2. The summed E-state index contributed by atoms with van der Waals surface area (Å²) in [7, 11) is 1.71. The lowest BCUT2D eigenvalue weighted by atomic mass is 9.97. The second kappa shape index (κ2) is 4.84. The van der Waals surface area contributed by atoms with Gasteiger partial charge >= 0.3 is 0 Å². The fraction of sp³-hybridized carbons (Fsp3) is 0.600. The third kappa shape index (κ3) is 2.74. The Balaban J connectivity index is 2.66. The van der Waals surface area contributed by atoms with Gasteiger partial charge in [-0.2, -0.15) is 5.10 Å². The normalized spacial score (nSPS) is 14.8. The van der Waals surface area contributed by atoms with Crippen LogP contribution in [0.15, 0.2) is 6.20 Å². The molecular formula is C10H17ClN4O. The number of hydrogen-bond donors (Lipinski definition) is 2. The molecule has 0 aromatic carbocycles. The molecule has 0 aliphatic carbocycles. The van der Waals surface area contributed by atoms with Crippen LogP contribution < -0.4 is 11.1 Å². The fourth-order valence-corrected chi connectivity index (χ4v) is 1.47. The highest BCUT2D eigenvalue weighted by Crippen LogP contribution is 2.14. The van der Waals surface area contributed by atoms with E-state index in [0.717, 1.165) is 5.69 Å². The molecule has 3 N–H and O–H groups in total. The number of carbonyl (C=O) groups excluding carboxylic acids is 1. The number of hydrogen-bond acceptors (Lipinski definition) is 3. The topological polar surface area (TPSA) is 72.9 Å². The highest BCUT2D eigenvalue weighted by atomic mass is 35.5. The quantitative estimate of drug-likeness (QED) is 0.801. The van der Waals surface area contributed by atoms with Crippen LogP contribution in [-0.2, 0) is 11.3 Å². The highest BCUT2D eigenvalue weighted by molar-refractivity contribution is 6.31. The molecule has 0 saturated carbocycles. The number of nitrogens with two attached hydrogens (primary N) is 1. The van der Waals surface area contributed by atoms with Crippen molar-refractivity contribution in [1.29, 1.82) is 0 Å². The van der Waals surface area contributed by atoms with Crippen LogP contribution in [0.5, 0.6) is 0 Å². The summed E-state index contributed by atoms with van der Waals surface area (Å²) >= 11 is 5.89. The number of rotatable bonds is 5. The van der Waals surface area contributed by atoms with E-state index in [9.17, 15) is 4.79 Å². The van der Waals surface area contributed by atoms with Gasteiger partial charge in [-0.1, -0.05) is 11.6 Å². The summed E-state index contributed by atoms with van der Waals surface area (Å²) in [5, 5.41) is 7.76. The van der Waals surface area contributed by atoms with Crippen LogP contribution in [0.2, 0.25) is 5.02 Å². The summed E-state index contributed by atoms with van der Waals surface area (Å²) in [5.74, 6) is -0.370. The summed E-state index contributed by atoms with van der Waals surface area (Å²) in [6.45, 7) is 4.20. The maximum atomic E-state index is 11.2. The van der Waals surface area contributed by atoms with Gasteiger partial charge in [0.25, 0.3) is 0 Å². The van der Waals surface area contributed by atoms with Gasteiger partial charge in [0.2, 0.25) is 5.91 Å². The van der Waals surface area contributed by atoms with E-state index in [4.69, 9.17) is 17.3 Å². The van der Waals surface area contributed by atoms with Crippen LogP contribution in [0, 0.1) is 6.92 Å². The van der Waals surface area contributed by atoms with Crippen LogP contribution in [0.25, 0.3) is 0 Å². The van der Waals surface area contributed by atoms with Crippen molar-refractivity contribution in [2.75, 3.05) is 7.05 Å². The van der Waals surface area contributed by atoms with E-state index in [2.05, 4.69) is 10.4 Å². The van der Waals surface area contributed by atoms with Crippen LogP contribution in [0.3, 0.4) is 0 Å². The molecule has 0 spiro atoms. The van der Waals surface area contributed by atoms with Crippen LogP contribution >= 0.6 is 11.6 Å². The maximum absolute atomic E-state index is 11.2. The van der Waals surface area contributed by atoms with Gasteiger partial charge in [-0.15, -0.1) is 0 Å². The average molecular weight is 245 g/mol. The molecule has 1 atom stereocenters. The smallest absolute Gasteiger partial charge is 0.237 e. The Bertz CT molecular complexity index is 371. The molecular weight excluding hydrogens is 228 g/mol. The van der Waals surface area contributed by atoms with Gasteiger partial charge in [0, 0.05) is 12.7 Å². The molecule has 0 bridgehead atoms. The third-order valence-electron chi connectivity index (χ3n) is 2.82. The standard InChI is InChI=1S/C10H17ClN4O/c1-7-8(11)6-15(14-7)5-4-10(2,13-3)9(12)16/h6,13H,4-5H2,1-3H3,(H2,12,16). The number of primary amides is 1. The minimum Gasteiger partial charge on any atom is -0.368 e. The molecule has 1 aromatic heterocycles. The Morgan fingerprint density at radius 3 is 2.75 bits per heavy atom. The summed E-state index contributed by atoms with van der Waals surface area (Å²) in [6, 6.07) is 0. The first kappa shape index (κ1) is 13.0. The molecule has 1 aromatic rings. The highest BCUT2D eigenvalue weighted by Gasteiger charge is 2.28. The molecule has 0 radical (unpaired) electrons. The van der Waals surface area contributed by atoms with Crippen molar-refractivity contribution in [1.82, 2.24) is 15.1 Å². The van der Waals surface area contributed by atoms with Crippen LogP contribution in [-0.4, -0.2) is 28.3 Å². The molecule has 16 heavy (non-hydrogen) atoms. The third-order valence-corrected chi connectivity index (χ3v) is 3.19. The summed E-state index contributed by atoms with van der Waals surface area (Å²) in [5.41, 5.74) is 5.39. The predicted molar refractivity (Wildman–Crippen MR) is 63.3 cm³/mol. The number of likely N-dealkylation sites (N-methyl/N-ethyl adjacent to an activating group) is 1. The number of halogens is 1. The number of nitrogens with one attached hydrogen (secondary N) is 1. The van der Waals surface area contributed by atoms with Crippen molar-refractivity contribution in [2.24, 2.45) is 5.73 Å². The van der Waals surface area contributed by atoms with Crippen molar-refractivity contribution in [3.05, 3.63) is 16.9 Å². The van der Waals surface area contributed by atoms with E-state index in [1.54, 1.807) is 24.9 Å². The van der Waals surface area contributed by atoms with Crippen LogP contribution in [0.4, 0.5) is 0 Å². The molecule has 1 rings (SSSR count). The zero-order valence-corrected chi connectivity index (χ0v) is 10.5. The monoisotopic (exact) mass is 244 g/mol. The van der Waals surface area contributed by atoms with Gasteiger partial charge < -0.3 is 11.1 Å². The first-order chi connectivity index (χ1) is 7.39. The first-order valence-electron chi connectivity index (χ1n) is 5.07.